The standard InChI is InChI=1S/C16H21N3O2/c1-12-4-5-15-14(8-12)16(18-11-17-15)19-9-13(10-19)21-7-3-6-20-2/h4-5,8,11,13H,3,6-7,9-10H2,1-2H3. The highest BCUT2D eigenvalue weighted by atomic mass is 16.5. The van der Waals surface area contributed by atoms with Crippen LogP contribution in [-0.2, 0) is 9.47 Å². The molecule has 112 valence electrons. The van der Waals surface area contributed by atoms with Gasteiger partial charge in [0, 0.05) is 38.8 Å². The summed E-state index contributed by atoms with van der Waals surface area (Å²) >= 11 is 0. The van der Waals surface area contributed by atoms with E-state index in [-0.39, 0.29) is 0 Å². The Hall–Kier alpha value is -1.72. The van der Waals surface area contributed by atoms with Gasteiger partial charge in [-0.15, -0.1) is 0 Å². The van der Waals surface area contributed by atoms with Gasteiger partial charge in [-0.25, -0.2) is 9.97 Å². The largest absolute Gasteiger partial charge is 0.385 e. The Bertz CT molecular complexity index is 611. The SMILES string of the molecule is COCCCOC1CN(c2ncnc3ccc(C)cc23)C1. The fourth-order valence-electron chi connectivity index (χ4n) is 2.58. The third kappa shape index (κ3) is 3.14. The first kappa shape index (κ1) is 14.2. The van der Waals surface area contributed by atoms with Crippen LogP contribution in [0.4, 0.5) is 5.82 Å². The molecule has 5 heteroatoms. The summed E-state index contributed by atoms with van der Waals surface area (Å²) in [6.07, 6.45) is 2.89. The number of ether oxygens (including phenoxy) is 2. The smallest absolute Gasteiger partial charge is 0.140 e. The molecule has 0 amide bonds. The molecule has 21 heavy (non-hydrogen) atoms. The van der Waals surface area contributed by atoms with Crippen LogP contribution in [0.25, 0.3) is 10.9 Å². The third-order valence-corrected chi connectivity index (χ3v) is 3.76. The molecule has 0 unspecified atom stereocenters. The number of fused-ring (bicyclic) bond motifs is 1. The monoisotopic (exact) mass is 287 g/mol. The Morgan fingerprint density at radius 3 is 2.90 bits per heavy atom. The van der Waals surface area contributed by atoms with Gasteiger partial charge in [0.1, 0.15) is 12.1 Å². The average molecular weight is 287 g/mol. The highest BCUT2D eigenvalue weighted by Crippen LogP contribution is 2.28. The number of hydrogen-bond donors (Lipinski definition) is 0. The number of methoxy groups -OCH3 is 1. The zero-order chi connectivity index (χ0) is 14.7. The molecule has 3 rings (SSSR count). The van der Waals surface area contributed by atoms with E-state index in [1.807, 2.05) is 6.07 Å². The van der Waals surface area contributed by atoms with Gasteiger partial charge in [-0.2, -0.15) is 0 Å². The summed E-state index contributed by atoms with van der Waals surface area (Å²) in [7, 11) is 1.72. The fourth-order valence-corrected chi connectivity index (χ4v) is 2.58. The van der Waals surface area contributed by atoms with E-state index in [1.165, 1.54) is 5.56 Å². The predicted molar refractivity (Wildman–Crippen MR) is 82.7 cm³/mol. The lowest BCUT2D eigenvalue weighted by molar-refractivity contribution is 0.0231. The van der Waals surface area contributed by atoms with Gasteiger partial charge in [0.25, 0.3) is 0 Å². The molecule has 0 bridgehead atoms. The number of hydrogen-bond acceptors (Lipinski definition) is 5. The molecule has 1 aliphatic rings. The van der Waals surface area contributed by atoms with Crippen LogP contribution in [0.5, 0.6) is 0 Å². The summed E-state index contributed by atoms with van der Waals surface area (Å²) in [4.78, 5) is 11.0. The molecule has 1 aliphatic heterocycles. The topological polar surface area (TPSA) is 47.5 Å². The van der Waals surface area contributed by atoms with E-state index in [9.17, 15) is 0 Å². The van der Waals surface area contributed by atoms with Gasteiger partial charge < -0.3 is 14.4 Å². The molecular weight excluding hydrogens is 266 g/mol. The number of nitrogens with zero attached hydrogens (tertiary/aromatic N) is 3. The van der Waals surface area contributed by atoms with Gasteiger partial charge in [-0.1, -0.05) is 11.6 Å². The number of aryl methyl sites for hydroxylation is 1. The maximum absolute atomic E-state index is 5.80. The van der Waals surface area contributed by atoms with Gasteiger partial charge in [-0.3, -0.25) is 0 Å². The normalized spacial score (nSPS) is 15.4. The van der Waals surface area contributed by atoms with Crippen molar-refractivity contribution in [2.24, 2.45) is 0 Å². The van der Waals surface area contributed by atoms with Crippen molar-refractivity contribution in [1.82, 2.24) is 9.97 Å². The Balaban J connectivity index is 1.63. The van der Waals surface area contributed by atoms with Crippen LogP contribution in [-0.4, -0.2) is 49.5 Å². The van der Waals surface area contributed by atoms with Crippen LogP contribution >= 0.6 is 0 Å². The number of benzene rings is 1. The molecule has 0 spiro atoms. The quantitative estimate of drug-likeness (QED) is 0.762. The van der Waals surface area contributed by atoms with Crippen molar-refractivity contribution < 1.29 is 9.47 Å². The van der Waals surface area contributed by atoms with Crippen molar-refractivity contribution in [3.05, 3.63) is 30.1 Å². The first-order valence-corrected chi connectivity index (χ1v) is 7.35. The second kappa shape index (κ2) is 6.37. The summed E-state index contributed by atoms with van der Waals surface area (Å²) in [6, 6.07) is 6.28. The Morgan fingerprint density at radius 2 is 2.10 bits per heavy atom. The predicted octanol–water partition coefficient (Wildman–Crippen LogP) is 2.18. The van der Waals surface area contributed by atoms with Gasteiger partial charge in [0.2, 0.25) is 0 Å². The lowest BCUT2D eigenvalue weighted by Crippen LogP contribution is -2.52. The van der Waals surface area contributed by atoms with Crippen LogP contribution in [0.1, 0.15) is 12.0 Å². The van der Waals surface area contributed by atoms with Crippen LogP contribution in [0, 0.1) is 6.92 Å². The molecule has 2 aromatic rings. The van der Waals surface area contributed by atoms with E-state index in [0.29, 0.717) is 6.10 Å². The molecule has 1 aromatic heterocycles. The van der Waals surface area contributed by atoms with Crippen LogP contribution in [0.3, 0.4) is 0 Å². The third-order valence-electron chi connectivity index (χ3n) is 3.76. The van der Waals surface area contributed by atoms with Crippen LogP contribution in [0.2, 0.25) is 0 Å². The van der Waals surface area contributed by atoms with Gasteiger partial charge in [-0.05, 0) is 25.5 Å². The van der Waals surface area contributed by atoms with E-state index in [0.717, 1.165) is 49.4 Å². The molecule has 2 heterocycles. The zero-order valence-corrected chi connectivity index (χ0v) is 12.6. The molecule has 0 atom stereocenters. The van der Waals surface area contributed by atoms with Crippen molar-refractivity contribution >= 4 is 16.7 Å². The second-order valence-corrected chi connectivity index (χ2v) is 5.46. The highest BCUT2D eigenvalue weighted by Gasteiger charge is 2.29. The van der Waals surface area contributed by atoms with Crippen molar-refractivity contribution in [2.75, 3.05) is 38.3 Å². The molecule has 0 saturated carbocycles. The van der Waals surface area contributed by atoms with Gasteiger partial charge >= 0.3 is 0 Å². The maximum Gasteiger partial charge on any atom is 0.140 e. The second-order valence-electron chi connectivity index (χ2n) is 5.46. The number of anilines is 1. The minimum Gasteiger partial charge on any atom is -0.385 e. The zero-order valence-electron chi connectivity index (χ0n) is 12.6. The van der Waals surface area contributed by atoms with Crippen molar-refractivity contribution in [3.8, 4) is 0 Å². The molecule has 0 N–H and O–H groups in total. The molecule has 1 aromatic carbocycles. The van der Waals surface area contributed by atoms with Crippen molar-refractivity contribution in [3.63, 3.8) is 0 Å². The van der Waals surface area contributed by atoms with E-state index >= 15 is 0 Å². The van der Waals surface area contributed by atoms with E-state index in [1.54, 1.807) is 13.4 Å². The molecule has 1 fully saturated rings. The number of aromatic nitrogens is 2. The highest BCUT2D eigenvalue weighted by molar-refractivity contribution is 5.90. The molecule has 0 aliphatic carbocycles. The van der Waals surface area contributed by atoms with Crippen LogP contribution in [0.15, 0.2) is 24.5 Å². The van der Waals surface area contributed by atoms with E-state index < -0.39 is 0 Å². The first-order valence-electron chi connectivity index (χ1n) is 7.35. The van der Waals surface area contributed by atoms with Gasteiger partial charge in [0.05, 0.1) is 11.6 Å². The minimum absolute atomic E-state index is 0.302. The summed E-state index contributed by atoms with van der Waals surface area (Å²) in [5.41, 5.74) is 2.22. The maximum atomic E-state index is 5.80. The number of rotatable bonds is 6. The summed E-state index contributed by atoms with van der Waals surface area (Å²) in [5.74, 6) is 1.01. The Morgan fingerprint density at radius 1 is 1.24 bits per heavy atom. The molecule has 0 radical (unpaired) electrons. The Kier molecular flexibility index (Phi) is 4.31. The lowest BCUT2D eigenvalue weighted by atomic mass is 10.1. The van der Waals surface area contributed by atoms with Crippen LogP contribution < -0.4 is 4.90 Å². The summed E-state index contributed by atoms with van der Waals surface area (Å²) in [6.45, 7) is 5.40. The van der Waals surface area contributed by atoms with Gasteiger partial charge in [0.15, 0.2) is 0 Å². The Labute approximate surface area is 124 Å². The molecular formula is C16H21N3O2. The van der Waals surface area contributed by atoms with E-state index in [2.05, 4.69) is 33.9 Å². The first-order chi connectivity index (χ1) is 10.3. The molecule has 1 saturated heterocycles. The molecule has 5 nitrogen and oxygen atoms in total. The van der Waals surface area contributed by atoms with Crippen molar-refractivity contribution in [1.29, 1.82) is 0 Å². The van der Waals surface area contributed by atoms with E-state index in [4.69, 9.17) is 9.47 Å². The average Bonchev–Trinajstić information content (AvgIpc) is 2.45. The summed E-state index contributed by atoms with van der Waals surface area (Å²) in [5, 5.41) is 1.12. The fraction of sp³-hybridized carbons (Fsp3) is 0.500. The lowest BCUT2D eigenvalue weighted by Gasteiger charge is -2.40. The minimum atomic E-state index is 0.302. The van der Waals surface area contributed by atoms with Crippen molar-refractivity contribution in [2.45, 2.75) is 19.4 Å². The summed E-state index contributed by atoms with van der Waals surface area (Å²) < 4.78 is 10.8.